The molecule has 0 bridgehead atoms. The molecule has 0 radical (unpaired) electrons. The fraction of sp³-hybridized carbons (Fsp3) is 0.500. The third-order valence-electron chi connectivity index (χ3n) is 3.60. The van der Waals surface area contributed by atoms with Gasteiger partial charge in [-0.25, -0.2) is 4.79 Å². The maximum absolute atomic E-state index is 11.1. The van der Waals surface area contributed by atoms with Gasteiger partial charge in [0.1, 0.15) is 0 Å². The van der Waals surface area contributed by atoms with Crippen molar-refractivity contribution in [2.45, 2.75) is 26.2 Å². The Hall–Kier alpha value is -1.22. The lowest BCUT2D eigenvalue weighted by Gasteiger charge is -2.14. The molecule has 0 heterocycles. The first kappa shape index (κ1) is 13.2. The smallest absolute Gasteiger partial charge is 0.337 e. The van der Waals surface area contributed by atoms with Crippen LogP contribution in [-0.4, -0.2) is 17.6 Å². The largest absolute Gasteiger partial charge is 0.478 e. The molecule has 1 aliphatic carbocycles. The minimum Gasteiger partial charge on any atom is -0.478 e. The van der Waals surface area contributed by atoms with Gasteiger partial charge in [-0.2, -0.15) is 0 Å². The van der Waals surface area contributed by atoms with Crippen molar-refractivity contribution in [3.63, 3.8) is 0 Å². The number of hydrogen-bond donors (Lipinski definition) is 2. The molecule has 2 unspecified atom stereocenters. The molecule has 4 heteroatoms. The van der Waals surface area contributed by atoms with Gasteiger partial charge in [0, 0.05) is 11.6 Å². The standard InChI is InChI=1S/C14H18ClNO2/c1-9-2-3-10(6-9)8-16-13-7-11(15)4-5-12(13)14(17)18/h4-5,7,9-10,16H,2-3,6,8H2,1H3,(H,17,18). The predicted molar refractivity (Wildman–Crippen MR) is 73.4 cm³/mol. The van der Waals surface area contributed by atoms with Gasteiger partial charge in [-0.15, -0.1) is 0 Å². The van der Waals surface area contributed by atoms with Crippen LogP contribution in [-0.2, 0) is 0 Å². The lowest BCUT2D eigenvalue weighted by molar-refractivity contribution is 0.0698. The minimum atomic E-state index is -0.922. The third kappa shape index (κ3) is 3.16. The van der Waals surface area contributed by atoms with E-state index in [-0.39, 0.29) is 5.56 Å². The molecule has 18 heavy (non-hydrogen) atoms. The van der Waals surface area contributed by atoms with E-state index in [2.05, 4.69) is 12.2 Å². The van der Waals surface area contributed by atoms with Gasteiger partial charge in [-0.3, -0.25) is 0 Å². The Morgan fingerprint density at radius 3 is 2.89 bits per heavy atom. The van der Waals surface area contributed by atoms with Crippen LogP contribution in [0.5, 0.6) is 0 Å². The van der Waals surface area contributed by atoms with Crippen LogP contribution in [0.1, 0.15) is 36.5 Å². The summed E-state index contributed by atoms with van der Waals surface area (Å²) in [6, 6.07) is 4.83. The molecule has 1 fully saturated rings. The maximum atomic E-state index is 11.1. The van der Waals surface area contributed by atoms with E-state index in [4.69, 9.17) is 16.7 Å². The summed E-state index contributed by atoms with van der Waals surface area (Å²) in [4.78, 5) is 11.1. The van der Waals surface area contributed by atoms with Crippen LogP contribution in [0.3, 0.4) is 0 Å². The van der Waals surface area contributed by atoms with Gasteiger partial charge in [0.15, 0.2) is 0 Å². The Balaban J connectivity index is 2.04. The molecule has 2 atom stereocenters. The molecular formula is C14H18ClNO2. The second-order valence-electron chi connectivity index (χ2n) is 5.16. The third-order valence-corrected chi connectivity index (χ3v) is 3.83. The number of benzene rings is 1. The molecule has 2 N–H and O–H groups in total. The molecule has 3 nitrogen and oxygen atoms in total. The summed E-state index contributed by atoms with van der Waals surface area (Å²) in [5.74, 6) is 0.504. The maximum Gasteiger partial charge on any atom is 0.337 e. The van der Waals surface area contributed by atoms with Crippen LogP contribution in [0, 0.1) is 11.8 Å². The molecule has 98 valence electrons. The van der Waals surface area contributed by atoms with Gasteiger partial charge in [0.25, 0.3) is 0 Å². The number of nitrogens with one attached hydrogen (secondary N) is 1. The van der Waals surface area contributed by atoms with Crippen LogP contribution in [0.15, 0.2) is 18.2 Å². The van der Waals surface area contributed by atoms with Crippen LogP contribution in [0.4, 0.5) is 5.69 Å². The highest BCUT2D eigenvalue weighted by atomic mass is 35.5. The van der Waals surface area contributed by atoms with Crippen molar-refractivity contribution in [2.75, 3.05) is 11.9 Å². The average molecular weight is 268 g/mol. The van der Waals surface area contributed by atoms with E-state index in [0.29, 0.717) is 16.6 Å². The van der Waals surface area contributed by atoms with E-state index in [1.165, 1.54) is 19.3 Å². The number of halogens is 1. The molecule has 1 aliphatic rings. The van der Waals surface area contributed by atoms with Gasteiger partial charge < -0.3 is 10.4 Å². The zero-order valence-corrected chi connectivity index (χ0v) is 11.2. The van der Waals surface area contributed by atoms with Crippen molar-refractivity contribution in [1.29, 1.82) is 0 Å². The zero-order chi connectivity index (χ0) is 13.1. The predicted octanol–water partition coefficient (Wildman–Crippen LogP) is 3.89. The number of hydrogen-bond acceptors (Lipinski definition) is 2. The summed E-state index contributed by atoms with van der Waals surface area (Å²) in [7, 11) is 0. The molecular weight excluding hydrogens is 250 g/mol. The van der Waals surface area contributed by atoms with E-state index in [0.717, 1.165) is 12.5 Å². The fourth-order valence-electron chi connectivity index (χ4n) is 2.61. The summed E-state index contributed by atoms with van der Waals surface area (Å²) < 4.78 is 0. The lowest BCUT2D eigenvalue weighted by atomic mass is 10.1. The van der Waals surface area contributed by atoms with E-state index in [1.807, 2.05) is 0 Å². The second-order valence-corrected chi connectivity index (χ2v) is 5.60. The molecule has 0 spiro atoms. The number of rotatable bonds is 4. The first-order valence-electron chi connectivity index (χ1n) is 6.33. The summed E-state index contributed by atoms with van der Waals surface area (Å²) in [5.41, 5.74) is 0.903. The van der Waals surface area contributed by atoms with Crippen molar-refractivity contribution < 1.29 is 9.90 Å². The second kappa shape index (κ2) is 5.61. The number of aromatic carboxylic acids is 1. The highest BCUT2D eigenvalue weighted by Crippen LogP contribution is 2.31. The summed E-state index contributed by atoms with van der Waals surface area (Å²) in [6.07, 6.45) is 3.71. The molecule has 1 aromatic carbocycles. The summed E-state index contributed by atoms with van der Waals surface area (Å²) in [6.45, 7) is 3.09. The van der Waals surface area contributed by atoms with Crippen molar-refractivity contribution in [2.24, 2.45) is 11.8 Å². The topological polar surface area (TPSA) is 49.3 Å². The Kier molecular flexibility index (Phi) is 4.12. The first-order chi connectivity index (χ1) is 8.56. The molecule has 1 aromatic rings. The van der Waals surface area contributed by atoms with E-state index in [1.54, 1.807) is 18.2 Å². The summed E-state index contributed by atoms with van der Waals surface area (Å²) >= 11 is 5.91. The Labute approximate surface area is 112 Å². The fourth-order valence-corrected chi connectivity index (χ4v) is 2.79. The van der Waals surface area contributed by atoms with Crippen LogP contribution in [0.25, 0.3) is 0 Å². The highest BCUT2D eigenvalue weighted by molar-refractivity contribution is 6.31. The number of carboxylic acid groups (broad SMARTS) is 1. The molecule has 0 aromatic heterocycles. The van der Waals surface area contributed by atoms with Crippen LogP contribution < -0.4 is 5.32 Å². The Morgan fingerprint density at radius 1 is 1.50 bits per heavy atom. The molecule has 2 rings (SSSR count). The Bertz CT molecular complexity index is 447. The minimum absolute atomic E-state index is 0.283. The SMILES string of the molecule is CC1CCC(CNc2cc(Cl)ccc2C(=O)O)C1. The lowest BCUT2D eigenvalue weighted by Crippen LogP contribution is -2.14. The van der Waals surface area contributed by atoms with Gasteiger partial charge >= 0.3 is 5.97 Å². The zero-order valence-electron chi connectivity index (χ0n) is 10.4. The average Bonchev–Trinajstić information content (AvgIpc) is 2.72. The molecule has 1 saturated carbocycles. The monoisotopic (exact) mass is 267 g/mol. The van der Waals surface area contributed by atoms with Crippen molar-refractivity contribution in [3.05, 3.63) is 28.8 Å². The van der Waals surface area contributed by atoms with Crippen molar-refractivity contribution >= 4 is 23.3 Å². The molecule has 0 saturated heterocycles. The normalized spacial score (nSPS) is 23.0. The van der Waals surface area contributed by atoms with Gasteiger partial charge in [0.05, 0.1) is 11.3 Å². The van der Waals surface area contributed by atoms with Gasteiger partial charge in [-0.1, -0.05) is 24.9 Å². The quantitative estimate of drug-likeness (QED) is 0.870. The van der Waals surface area contributed by atoms with Crippen molar-refractivity contribution in [3.8, 4) is 0 Å². The van der Waals surface area contributed by atoms with E-state index < -0.39 is 5.97 Å². The van der Waals surface area contributed by atoms with Crippen LogP contribution >= 0.6 is 11.6 Å². The molecule has 0 amide bonds. The van der Waals surface area contributed by atoms with Crippen molar-refractivity contribution in [1.82, 2.24) is 0 Å². The first-order valence-corrected chi connectivity index (χ1v) is 6.70. The van der Waals surface area contributed by atoms with E-state index in [9.17, 15) is 4.79 Å². The van der Waals surface area contributed by atoms with Gasteiger partial charge in [0.2, 0.25) is 0 Å². The number of carbonyl (C=O) groups is 1. The van der Waals surface area contributed by atoms with Gasteiger partial charge in [-0.05, 0) is 42.9 Å². The number of carboxylic acids is 1. The Morgan fingerprint density at radius 2 is 2.28 bits per heavy atom. The number of anilines is 1. The summed E-state index contributed by atoms with van der Waals surface area (Å²) in [5, 5.41) is 12.9. The molecule has 0 aliphatic heterocycles. The van der Waals surface area contributed by atoms with Crippen LogP contribution in [0.2, 0.25) is 5.02 Å². The van der Waals surface area contributed by atoms with E-state index >= 15 is 0 Å². The highest BCUT2D eigenvalue weighted by Gasteiger charge is 2.21.